The quantitative estimate of drug-likeness (QED) is 0.610. The van der Waals surface area contributed by atoms with Crippen LogP contribution >= 0.6 is 0 Å². The van der Waals surface area contributed by atoms with Crippen LogP contribution in [0.25, 0.3) is 0 Å². The molecule has 4 N–H and O–H groups in total. The first-order chi connectivity index (χ1) is 8.27. The second-order valence-electron chi connectivity index (χ2n) is 3.25. The van der Waals surface area contributed by atoms with E-state index in [4.69, 9.17) is 5.73 Å². The smallest absolute Gasteiger partial charge is 0.271 e. The Balaban J connectivity index is 2.50. The summed E-state index contributed by atoms with van der Waals surface area (Å²) < 4.78 is 0. The second-order valence-corrected chi connectivity index (χ2v) is 3.25. The normalized spacial score (nSPS) is 10.5. The first kappa shape index (κ1) is 13.1. The molecule has 0 fully saturated rings. The minimum Gasteiger partial charge on any atom is -0.365 e. The highest BCUT2D eigenvalue weighted by molar-refractivity contribution is 5.92. The van der Waals surface area contributed by atoms with Crippen LogP contribution in [-0.2, 0) is 0 Å². The Morgan fingerprint density at radius 3 is 2.82 bits per heavy atom. The van der Waals surface area contributed by atoms with Crippen molar-refractivity contribution >= 4 is 11.7 Å². The monoisotopic (exact) mass is 235 g/mol. The van der Waals surface area contributed by atoms with Crippen molar-refractivity contribution in [2.75, 3.05) is 25.0 Å². The molecule has 0 saturated heterocycles. The Morgan fingerprint density at radius 2 is 2.24 bits per heavy atom. The summed E-state index contributed by atoms with van der Waals surface area (Å²) in [5.41, 5.74) is 5.62. The third kappa shape index (κ3) is 4.60. The number of anilines is 1. The zero-order valence-electron chi connectivity index (χ0n) is 9.81. The van der Waals surface area contributed by atoms with Crippen LogP contribution in [0.1, 0.15) is 17.4 Å². The van der Waals surface area contributed by atoms with Crippen molar-refractivity contribution < 1.29 is 4.79 Å². The zero-order chi connectivity index (χ0) is 12.5. The molecule has 17 heavy (non-hydrogen) atoms. The highest BCUT2D eigenvalue weighted by Crippen LogP contribution is 2.01. The average molecular weight is 235 g/mol. The number of carbonyl (C=O) groups excluding carboxylic acids is 1. The van der Waals surface area contributed by atoms with Gasteiger partial charge in [0.25, 0.3) is 5.91 Å². The minimum absolute atomic E-state index is 0.213. The molecule has 0 atom stereocenters. The summed E-state index contributed by atoms with van der Waals surface area (Å²) in [7, 11) is 0. The number of amides is 1. The van der Waals surface area contributed by atoms with E-state index in [1.54, 1.807) is 12.1 Å². The van der Waals surface area contributed by atoms with E-state index in [-0.39, 0.29) is 5.91 Å². The molecular formula is C11H17N5O. The van der Waals surface area contributed by atoms with Gasteiger partial charge in [-0.2, -0.15) is 0 Å². The van der Waals surface area contributed by atoms with Crippen LogP contribution in [0.5, 0.6) is 0 Å². The van der Waals surface area contributed by atoms with Gasteiger partial charge in [0.1, 0.15) is 5.82 Å². The summed E-state index contributed by atoms with van der Waals surface area (Å²) in [6.07, 6.45) is 3.75. The number of nitrogens with one attached hydrogen (secondary N) is 2. The molecule has 6 heteroatoms. The van der Waals surface area contributed by atoms with Crippen molar-refractivity contribution in [1.29, 1.82) is 0 Å². The van der Waals surface area contributed by atoms with Gasteiger partial charge in [-0.25, -0.2) is 0 Å². The minimum atomic E-state index is -0.213. The molecule has 0 aliphatic rings. The molecule has 0 unspecified atom stereocenters. The highest BCUT2D eigenvalue weighted by Gasteiger charge is 2.05. The average Bonchev–Trinajstić information content (AvgIpc) is 2.36. The maximum Gasteiger partial charge on any atom is 0.271 e. The largest absolute Gasteiger partial charge is 0.365 e. The van der Waals surface area contributed by atoms with Crippen molar-refractivity contribution in [3.05, 3.63) is 30.0 Å². The molecule has 0 aromatic carbocycles. The highest BCUT2D eigenvalue weighted by atomic mass is 16.1. The van der Waals surface area contributed by atoms with Crippen LogP contribution in [0.4, 0.5) is 5.82 Å². The van der Waals surface area contributed by atoms with Gasteiger partial charge in [0.15, 0.2) is 5.69 Å². The van der Waals surface area contributed by atoms with Crippen molar-refractivity contribution in [2.24, 2.45) is 5.73 Å². The number of carbonyl (C=O) groups is 1. The van der Waals surface area contributed by atoms with E-state index in [2.05, 4.69) is 20.8 Å². The Labute approximate surface area is 100 Å². The number of hydrogen-bond donors (Lipinski definition) is 3. The van der Waals surface area contributed by atoms with Crippen LogP contribution in [0, 0.1) is 0 Å². The fourth-order valence-electron chi connectivity index (χ4n) is 1.14. The van der Waals surface area contributed by atoms with Crippen molar-refractivity contribution in [3.8, 4) is 0 Å². The number of nitrogens with zero attached hydrogens (tertiary/aromatic N) is 2. The summed E-state index contributed by atoms with van der Waals surface area (Å²) >= 11 is 0. The van der Waals surface area contributed by atoms with Gasteiger partial charge in [-0.15, -0.1) is 10.2 Å². The molecule has 0 radical (unpaired) electrons. The van der Waals surface area contributed by atoms with Crippen LogP contribution in [0.2, 0.25) is 0 Å². The molecule has 1 heterocycles. The lowest BCUT2D eigenvalue weighted by Crippen LogP contribution is -2.24. The molecule has 1 aromatic rings. The maximum absolute atomic E-state index is 11.4. The fourth-order valence-corrected chi connectivity index (χ4v) is 1.14. The molecule has 1 rings (SSSR count). The molecule has 6 nitrogen and oxygen atoms in total. The van der Waals surface area contributed by atoms with Gasteiger partial charge in [-0.3, -0.25) is 4.79 Å². The summed E-state index contributed by atoms with van der Waals surface area (Å²) in [5, 5.41) is 13.4. The number of aromatic nitrogens is 2. The van der Waals surface area contributed by atoms with Gasteiger partial charge >= 0.3 is 0 Å². The number of rotatable bonds is 6. The summed E-state index contributed by atoms with van der Waals surface area (Å²) in [4.78, 5) is 11.4. The van der Waals surface area contributed by atoms with Crippen molar-refractivity contribution in [3.63, 3.8) is 0 Å². The predicted octanol–water partition coefficient (Wildman–Crippen LogP) is 0.153. The molecule has 0 aliphatic heterocycles. The van der Waals surface area contributed by atoms with Crippen LogP contribution in [0.3, 0.4) is 0 Å². The predicted molar refractivity (Wildman–Crippen MR) is 66.7 cm³/mol. The van der Waals surface area contributed by atoms with Crippen LogP contribution < -0.4 is 16.4 Å². The molecule has 1 amide bonds. The van der Waals surface area contributed by atoms with Crippen molar-refractivity contribution in [1.82, 2.24) is 15.5 Å². The van der Waals surface area contributed by atoms with E-state index in [1.807, 2.05) is 19.1 Å². The third-order valence-corrected chi connectivity index (χ3v) is 1.94. The zero-order valence-corrected chi connectivity index (χ0v) is 9.81. The first-order valence-electron chi connectivity index (χ1n) is 5.48. The second kappa shape index (κ2) is 7.34. The Bertz CT molecular complexity index is 374. The lowest BCUT2D eigenvalue weighted by molar-refractivity contribution is 0.0950. The Hall–Kier alpha value is -1.95. The van der Waals surface area contributed by atoms with Gasteiger partial charge in [0, 0.05) is 19.6 Å². The van der Waals surface area contributed by atoms with E-state index in [1.165, 1.54) is 0 Å². The molecule has 0 aliphatic carbocycles. The number of hydrogen-bond acceptors (Lipinski definition) is 5. The van der Waals surface area contributed by atoms with E-state index < -0.39 is 0 Å². The van der Waals surface area contributed by atoms with Crippen LogP contribution in [0.15, 0.2) is 24.3 Å². The topological polar surface area (TPSA) is 92.9 Å². The molecule has 92 valence electrons. The Kier molecular flexibility index (Phi) is 5.67. The van der Waals surface area contributed by atoms with E-state index in [9.17, 15) is 4.79 Å². The Morgan fingerprint density at radius 1 is 1.41 bits per heavy atom. The van der Waals surface area contributed by atoms with E-state index in [0.29, 0.717) is 31.1 Å². The summed E-state index contributed by atoms with van der Waals surface area (Å²) in [6, 6.07) is 3.35. The molecule has 0 bridgehead atoms. The lowest BCUT2D eigenvalue weighted by atomic mass is 10.3. The fraction of sp³-hybridized carbons (Fsp3) is 0.364. The van der Waals surface area contributed by atoms with Gasteiger partial charge in [-0.05, 0) is 19.1 Å². The standard InChI is InChI=1S/C11H17N5O/c1-2-13-11(17)9-5-6-10(16-15-9)14-8-4-3-7-12/h3-6H,2,7-8,12H2,1H3,(H,13,17)(H,14,16)/b4-3+. The van der Waals surface area contributed by atoms with Gasteiger partial charge in [-0.1, -0.05) is 12.2 Å². The third-order valence-electron chi connectivity index (χ3n) is 1.94. The summed E-state index contributed by atoms with van der Waals surface area (Å²) in [6.45, 7) is 3.57. The maximum atomic E-state index is 11.4. The first-order valence-corrected chi connectivity index (χ1v) is 5.48. The van der Waals surface area contributed by atoms with E-state index >= 15 is 0 Å². The summed E-state index contributed by atoms with van der Waals surface area (Å²) in [5.74, 6) is 0.411. The van der Waals surface area contributed by atoms with E-state index in [0.717, 1.165) is 0 Å². The molecule has 0 spiro atoms. The van der Waals surface area contributed by atoms with Gasteiger partial charge < -0.3 is 16.4 Å². The molecule has 0 saturated carbocycles. The van der Waals surface area contributed by atoms with Gasteiger partial charge in [0.05, 0.1) is 0 Å². The van der Waals surface area contributed by atoms with Crippen molar-refractivity contribution in [2.45, 2.75) is 6.92 Å². The molecule has 1 aromatic heterocycles. The molecular weight excluding hydrogens is 218 g/mol. The number of nitrogens with two attached hydrogens (primary N) is 1. The van der Waals surface area contributed by atoms with Crippen LogP contribution in [-0.4, -0.2) is 35.7 Å². The SMILES string of the molecule is CCNC(=O)c1ccc(NC/C=C/CN)nn1. The van der Waals surface area contributed by atoms with Gasteiger partial charge in [0.2, 0.25) is 0 Å². The lowest BCUT2D eigenvalue weighted by Gasteiger charge is -2.03.